The van der Waals surface area contributed by atoms with Gasteiger partial charge in [-0.15, -0.1) is 11.8 Å². The van der Waals surface area contributed by atoms with Gasteiger partial charge in [-0.1, -0.05) is 43.2 Å². The summed E-state index contributed by atoms with van der Waals surface area (Å²) in [7, 11) is -11.0. The highest BCUT2D eigenvalue weighted by Crippen LogP contribution is 2.79. The van der Waals surface area contributed by atoms with E-state index in [-0.39, 0.29) is 28.2 Å². The van der Waals surface area contributed by atoms with E-state index in [4.69, 9.17) is 0 Å². The Morgan fingerprint density at radius 2 is 1.47 bits per heavy atom. The maximum Gasteiger partial charge on any atom is 0.501 e. The van der Waals surface area contributed by atoms with Crippen LogP contribution in [0.4, 0.5) is 33.3 Å². The normalized spacial score (nSPS) is 22.6. The molecule has 1 atom stereocenters. The molecule has 0 spiro atoms. The number of halogens is 5. The molecule has 3 saturated carbocycles. The minimum atomic E-state index is -6.13. The average Bonchev–Trinajstić information content (AvgIpc) is 3.34. The Morgan fingerprint density at radius 3 is 2.11 bits per heavy atom. The molecule has 6 aliphatic rings. The smallest absolute Gasteiger partial charge is 0.380 e. The van der Waals surface area contributed by atoms with Crippen LogP contribution in [0.5, 0.6) is 0 Å². The summed E-state index contributed by atoms with van der Waals surface area (Å²) in [6, 6.07) is 17.2. The highest BCUT2D eigenvalue weighted by Gasteiger charge is 2.73. The van der Waals surface area contributed by atoms with Crippen molar-refractivity contribution in [1.82, 2.24) is 24.7 Å². The molecular weight excluding hydrogens is 1050 g/mol. The van der Waals surface area contributed by atoms with Crippen molar-refractivity contribution < 1.29 is 53.2 Å². The summed E-state index contributed by atoms with van der Waals surface area (Å²) >= 11 is 1.41. The van der Waals surface area contributed by atoms with Crippen molar-refractivity contribution in [2.75, 3.05) is 88.0 Å². The summed E-state index contributed by atoms with van der Waals surface area (Å²) in [4.78, 5) is 44.6. The first-order chi connectivity index (χ1) is 35.9. The van der Waals surface area contributed by atoms with E-state index in [2.05, 4.69) is 39.2 Å². The number of sulfonamides is 1. The lowest BCUT2D eigenvalue weighted by Gasteiger charge is -2.72. The third-order valence-electron chi connectivity index (χ3n) is 16.0. The van der Waals surface area contributed by atoms with Crippen LogP contribution in [0.3, 0.4) is 0 Å². The number of alkyl halides is 5. The zero-order valence-corrected chi connectivity index (χ0v) is 45.8. The Kier molecular flexibility index (Phi) is 17.6. The van der Waals surface area contributed by atoms with Gasteiger partial charge in [0, 0.05) is 119 Å². The molecule has 0 aromatic heterocycles. The number of rotatable bonds is 22. The molecular formula is C54H70F5N7O7S3. The van der Waals surface area contributed by atoms with E-state index in [1.807, 2.05) is 35.1 Å². The summed E-state index contributed by atoms with van der Waals surface area (Å²) in [5.74, 6) is -0.882. The van der Waals surface area contributed by atoms with Gasteiger partial charge < -0.3 is 20.4 Å². The Hall–Kier alpha value is -4.77. The monoisotopic (exact) mass is 1120 g/mol. The van der Waals surface area contributed by atoms with Crippen molar-refractivity contribution in [1.29, 1.82) is 0 Å². The number of amides is 3. The number of carbonyl (C=O) groups is 3. The molecule has 2 saturated heterocycles. The van der Waals surface area contributed by atoms with Crippen LogP contribution in [0.1, 0.15) is 95.3 Å². The minimum Gasteiger partial charge on any atom is -0.380 e. The number of nitrogens with one attached hydrogen (secondary N) is 3. The van der Waals surface area contributed by atoms with Crippen LogP contribution in [0.15, 0.2) is 98.6 Å². The number of allylic oxidation sites excluding steroid dienone is 1. The first kappa shape index (κ1) is 57.4. The molecule has 9 rings (SSSR count). The van der Waals surface area contributed by atoms with E-state index >= 15 is 0 Å². The minimum absolute atomic E-state index is 0.0140. The molecule has 5 fully saturated rings. The van der Waals surface area contributed by atoms with Crippen LogP contribution in [0.25, 0.3) is 0 Å². The quantitative estimate of drug-likeness (QED) is 0.0380. The Bertz CT molecular complexity index is 2820. The molecule has 2 aliphatic heterocycles. The molecule has 3 aromatic carbocycles. The van der Waals surface area contributed by atoms with Gasteiger partial charge in [0.25, 0.3) is 25.8 Å². The van der Waals surface area contributed by atoms with Crippen LogP contribution in [0, 0.1) is 16.2 Å². The fourth-order valence-electron chi connectivity index (χ4n) is 11.6. The predicted molar refractivity (Wildman–Crippen MR) is 284 cm³/mol. The van der Waals surface area contributed by atoms with E-state index in [0.717, 1.165) is 61.6 Å². The molecule has 76 heavy (non-hydrogen) atoms. The van der Waals surface area contributed by atoms with Gasteiger partial charge in [-0.3, -0.25) is 24.2 Å². The van der Waals surface area contributed by atoms with E-state index < -0.39 is 64.6 Å². The summed E-state index contributed by atoms with van der Waals surface area (Å²) in [6.07, 6.45) is 4.50. The van der Waals surface area contributed by atoms with E-state index in [9.17, 15) is 53.2 Å². The second kappa shape index (κ2) is 23.3. The Balaban J connectivity index is 0.891. The maximum atomic E-state index is 14.4. The van der Waals surface area contributed by atoms with Gasteiger partial charge in [0.1, 0.15) is 4.90 Å². The number of piperazine rings is 2. The number of hydrogen-bond acceptors (Lipinski definition) is 12. The largest absolute Gasteiger partial charge is 0.501 e. The molecule has 22 heteroatoms. The lowest BCUT2D eigenvalue weighted by atomic mass is 9.32. The lowest BCUT2D eigenvalue weighted by molar-refractivity contribution is -0.250. The van der Waals surface area contributed by atoms with Crippen molar-refractivity contribution in [3.8, 4) is 0 Å². The topological polar surface area (TPSA) is 169 Å². The average molecular weight is 1120 g/mol. The first-order valence-electron chi connectivity index (χ1n) is 26.2. The molecule has 0 radical (unpaired) electrons. The number of nitrogens with zero attached hydrogens (tertiary/aromatic N) is 4. The van der Waals surface area contributed by atoms with E-state index in [1.165, 1.54) is 42.0 Å². The number of thioether (sulfide) groups is 1. The van der Waals surface area contributed by atoms with Gasteiger partial charge in [-0.25, -0.2) is 30.3 Å². The lowest BCUT2D eigenvalue weighted by Crippen LogP contribution is -2.66. The number of benzene rings is 3. The SMILES string of the molecule is CC(=O)NCCCCC(=O)N1CCN(CC[C@H](CSc2ccccc2)Nc2ccc(S(=O)(=O)NC(=O)c3ccc(N4CCN(CC5=C(C67CC(C(F)F)(C6)C7)CC(C)(C)CC5)CC4)cc3)cc2S(=O)(=O)C(F)(F)F)CC1. The second-order valence-electron chi connectivity index (χ2n) is 22.2. The third-order valence-corrected chi connectivity index (χ3v) is 20.0. The van der Waals surface area contributed by atoms with Crippen LogP contribution >= 0.6 is 11.8 Å². The Labute approximate surface area is 447 Å². The van der Waals surface area contributed by atoms with Crippen molar-refractivity contribution >= 4 is 60.7 Å². The standard InChI is InChI=1S/C54H70F5N7O7S3/c1-38(67)60-21-8-7-11-48(68)66-29-23-63(24-30-66)22-19-41(34-74-43-9-5-4-6-10-43)61-46-17-16-44(31-47(46)75(70,71)54(57,58)59)76(72,73)62-49(69)39-12-14-42(15-13-39)65-27-25-64(26-28-65)33-40-18-20-51(2,3)32-45(40)52-35-53(36-52,37-52)50(55)56/h4-6,9-10,12-17,31,41,50,61H,7-8,11,18-30,32-37H2,1-3H3,(H,60,67)(H,62,69)/t41-,52?,53?/m1/s1. The molecule has 3 N–H and O–H groups in total. The van der Waals surface area contributed by atoms with Crippen molar-refractivity contribution in [3.63, 3.8) is 0 Å². The van der Waals surface area contributed by atoms with Crippen molar-refractivity contribution in [3.05, 3.63) is 89.5 Å². The summed E-state index contributed by atoms with van der Waals surface area (Å²) in [5, 5.41) is 5.71. The molecule has 416 valence electrons. The van der Waals surface area contributed by atoms with Gasteiger partial charge in [0.05, 0.1) is 10.6 Å². The van der Waals surface area contributed by atoms with Crippen molar-refractivity contribution in [2.45, 2.75) is 118 Å². The molecule has 14 nitrogen and oxygen atoms in total. The molecule has 3 amide bonds. The van der Waals surface area contributed by atoms with Crippen molar-refractivity contribution in [2.24, 2.45) is 16.2 Å². The first-order valence-corrected chi connectivity index (χ1v) is 30.1. The zero-order valence-electron chi connectivity index (χ0n) is 43.4. The molecule has 2 heterocycles. The number of anilines is 2. The second-order valence-corrected chi connectivity index (χ2v) is 26.9. The zero-order chi connectivity index (χ0) is 54.7. The predicted octanol–water partition coefficient (Wildman–Crippen LogP) is 8.58. The van der Waals surface area contributed by atoms with Crippen LogP contribution in [-0.4, -0.2) is 145 Å². The summed E-state index contributed by atoms with van der Waals surface area (Å²) in [5.41, 5.74) is -3.38. The van der Waals surface area contributed by atoms with E-state index in [0.29, 0.717) is 109 Å². The molecule has 2 bridgehead atoms. The fraction of sp³-hybridized carbons (Fsp3) is 0.574. The molecule has 4 aliphatic carbocycles. The van der Waals surface area contributed by atoms with Crippen LogP contribution in [-0.2, 0) is 29.4 Å². The number of hydrogen-bond donors (Lipinski definition) is 3. The number of unbranched alkanes of at least 4 members (excludes halogenated alkanes) is 1. The van der Waals surface area contributed by atoms with E-state index in [1.54, 1.807) is 17.0 Å². The van der Waals surface area contributed by atoms with Gasteiger partial charge in [-0.2, -0.15) is 13.2 Å². The summed E-state index contributed by atoms with van der Waals surface area (Å²) < 4.78 is 126. The number of sulfone groups is 1. The van der Waals surface area contributed by atoms with Crippen LogP contribution in [0.2, 0.25) is 0 Å². The highest BCUT2D eigenvalue weighted by atomic mass is 32.2. The van der Waals surface area contributed by atoms with Gasteiger partial charge in [-0.05, 0) is 123 Å². The van der Waals surface area contributed by atoms with Gasteiger partial charge in [0.15, 0.2) is 0 Å². The number of carbonyl (C=O) groups excluding carboxylic acids is 3. The summed E-state index contributed by atoms with van der Waals surface area (Å²) in [6.45, 7) is 12.6. The third kappa shape index (κ3) is 13.4. The fourth-order valence-corrected chi connectivity index (χ4v) is 14.7. The van der Waals surface area contributed by atoms with Gasteiger partial charge in [0.2, 0.25) is 18.2 Å². The molecule has 3 aromatic rings. The molecule has 0 unspecified atom stereocenters. The van der Waals surface area contributed by atoms with Crippen LogP contribution < -0.4 is 20.3 Å². The Morgan fingerprint density at radius 1 is 0.816 bits per heavy atom. The highest BCUT2D eigenvalue weighted by molar-refractivity contribution is 7.99. The van der Waals surface area contributed by atoms with Gasteiger partial charge >= 0.3 is 5.51 Å². The maximum absolute atomic E-state index is 14.4.